The first-order valence-corrected chi connectivity index (χ1v) is 11.6. The van der Waals surface area contributed by atoms with E-state index < -0.39 is 0 Å². The van der Waals surface area contributed by atoms with E-state index in [1.165, 1.54) is 23.8 Å². The van der Waals surface area contributed by atoms with Gasteiger partial charge in [-0.05, 0) is 70.8 Å². The van der Waals surface area contributed by atoms with Crippen molar-refractivity contribution in [2.24, 2.45) is 5.92 Å². The Morgan fingerprint density at radius 1 is 1.03 bits per heavy atom. The quantitative estimate of drug-likeness (QED) is 0.562. The van der Waals surface area contributed by atoms with Gasteiger partial charge in [-0.3, -0.25) is 9.69 Å². The fourth-order valence-corrected chi connectivity index (χ4v) is 5.90. The molecule has 3 atom stereocenters. The summed E-state index contributed by atoms with van der Waals surface area (Å²) in [5.41, 5.74) is 2.79. The summed E-state index contributed by atoms with van der Waals surface area (Å²) >= 11 is 1.68. The fraction of sp³-hybridized carbons (Fsp3) is 0.320. The number of piperidine rings is 1. The molecule has 6 heteroatoms. The maximum atomic E-state index is 13.6. The van der Waals surface area contributed by atoms with Gasteiger partial charge in [0.2, 0.25) is 0 Å². The Hall–Kier alpha value is -2.57. The maximum absolute atomic E-state index is 13.6. The van der Waals surface area contributed by atoms with Gasteiger partial charge in [-0.15, -0.1) is 0 Å². The molecule has 0 bridgehead atoms. The van der Waals surface area contributed by atoms with Gasteiger partial charge in [0.15, 0.2) is 0 Å². The van der Waals surface area contributed by atoms with E-state index in [2.05, 4.69) is 21.7 Å². The van der Waals surface area contributed by atoms with Crippen LogP contribution in [0.25, 0.3) is 0 Å². The molecule has 2 aromatic carbocycles. The van der Waals surface area contributed by atoms with Crippen LogP contribution in [-0.4, -0.2) is 41.4 Å². The molecular weight excluding hydrogens is 414 g/mol. The van der Waals surface area contributed by atoms with Crippen LogP contribution in [0.3, 0.4) is 0 Å². The third-order valence-corrected chi connectivity index (χ3v) is 7.33. The zero-order valence-electron chi connectivity index (χ0n) is 17.1. The molecule has 0 aliphatic carbocycles. The molecule has 0 N–H and O–H groups in total. The van der Waals surface area contributed by atoms with E-state index in [4.69, 9.17) is 0 Å². The number of amides is 1. The van der Waals surface area contributed by atoms with E-state index >= 15 is 0 Å². The molecule has 3 aromatic rings. The molecule has 2 fully saturated rings. The number of likely N-dealkylation sites (tertiary alicyclic amines) is 2. The molecule has 3 nitrogen and oxygen atoms in total. The number of carbonyl (C=O) groups excluding carboxylic acids is 1. The average Bonchev–Trinajstić information content (AvgIpc) is 3.41. The lowest BCUT2D eigenvalue weighted by Gasteiger charge is -2.39. The standard InChI is InChI=1S/C25H24F2N2OS/c26-20-6-4-18(5-7-20)25(30)29-15-22(19-9-11-31-16-19)23-14-28(10-8-24(23)29)13-17-2-1-3-21(27)12-17/h1-7,9,11-12,16,22-24H,8,10,13-15H2/t22-,23-,24-/m0/s1. The van der Waals surface area contributed by atoms with Crippen molar-refractivity contribution in [3.63, 3.8) is 0 Å². The zero-order chi connectivity index (χ0) is 21.4. The van der Waals surface area contributed by atoms with Crippen molar-refractivity contribution in [2.45, 2.75) is 24.9 Å². The Morgan fingerprint density at radius 3 is 2.61 bits per heavy atom. The van der Waals surface area contributed by atoms with Crippen molar-refractivity contribution in [3.05, 3.63) is 93.7 Å². The van der Waals surface area contributed by atoms with Gasteiger partial charge < -0.3 is 4.90 Å². The van der Waals surface area contributed by atoms with Gasteiger partial charge in [0.25, 0.3) is 5.91 Å². The second-order valence-electron chi connectivity index (χ2n) is 8.51. The average molecular weight is 439 g/mol. The summed E-state index contributed by atoms with van der Waals surface area (Å²) < 4.78 is 27.0. The number of fused-ring (bicyclic) bond motifs is 1. The lowest BCUT2D eigenvalue weighted by molar-refractivity contribution is 0.0614. The summed E-state index contributed by atoms with van der Waals surface area (Å²) in [5.74, 6) is 0.0294. The highest BCUT2D eigenvalue weighted by Crippen LogP contribution is 2.43. The van der Waals surface area contributed by atoms with Gasteiger partial charge in [-0.1, -0.05) is 12.1 Å². The molecule has 0 radical (unpaired) electrons. The number of hydrogen-bond donors (Lipinski definition) is 0. The highest BCUT2D eigenvalue weighted by atomic mass is 32.1. The topological polar surface area (TPSA) is 23.6 Å². The van der Waals surface area contributed by atoms with Crippen molar-refractivity contribution in [1.29, 1.82) is 0 Å². The van der Waals surface area contributed by atoms with Crippen LogP contribution in [0.2, 0.25) is 0 Å². The van der Waals surface area contributed by atoms with Gasteiger partial charge in [0.1, 0.15) is 11.6 Å². The van der Waals surface area contributed by atoms with E-state index in [0.717, 1.165) is 25.1 Å². The van der Waals surface area contributed by atoms with E-state index in [9.17, 15) is 13.6 Å². The van der Waals surface area contributed by atoms with Gasteiger partial charge >= 0.3 is 0 Å². The number of carbonyl (C=O) groups is 1. The molecule has 1 amide bonds. The third-order valence-electron chi connectivity index (χ3n) is 6.63. The minimum Gasteiger partial charge on any atom is -0.335 e. The normalized spacial score (nSPS) is 23.7. The van der Waals surface area contributed by atoms with Crippen LogP contribution in [0.1, 0.15) is 33.8 Å². The zero-order valence-corrected chi connectivity index (χ0v) is 17.9. The van der Waals surface area contributed by atoms with Crippen LogP contribution in [0.15, 0.2) is 65.4 Å². The molecule has 5 rings (SSSR count). The molecule has 2 aliphatic rings. The molecule has 160 valence electrons. The van der Waals surface area contributed by atoms with Gasteiger partial charge in [-0.25, -0.2) is 8.78 Å². The number of hydrogen-bond acceptors (Lipinski definition) is 3. The summed E-state index contributed by atoms with van der Waals surface area (Å²) in [6, 6.07) is 14.9. The summed E-state index contributed by atoms with van der Waals surface area (Å²) in [7, 11) is 0. The smallest absolute Gasteiger partial charge is 0.254 e. The molecule has 0 unspecified atom stereocenters. The Kier molecular flexibility index (Phi) is 5.59. The van der Waals surface area contributed by atoms with Crippen LogP contribution in [-0.2, 0) is 6.54 Å². The van der Waals surface area contributed by atoms with Crippen molar-refractivity contribution in [1.82, 2.24) is 9.80 Å². The van der Waals surface area contributed by atoms with Crippen LogP contribution >= 0.6 is 11.3 Å². The van der Waals surface area contributed by atoms with Gasteiger partial charge in [0, 0.05) is 49.6 Å². The van der Waals surface area contributed by atoms with Crippen molar-refractivity contribution >= 4 is 17.2 Å². The number of halogens is 2. The summed E-state index contributed by atoms with van der Waals surface area (Å²) in [6.45, 7) is 3.12. The van der Waals surface area contributed by atoms with E-state index in [0.29, 0.717) is 24.6 Å². The molecule has 0 spiro atoms. The van der Waals surface area contributed by atoms with Crippen LogP contribution in [0, 0.1) is 17.6 Å². The minimum absolute atomic E-state index is 0.0219. The van der Waals surface area contributed by atoms with Crippen LogP contribution < -0.4 is 0 Å². The van der Waals surface area contributed by atoms with Gasteiger partial charge in [-0.2, -0.15) is 11.3 Å². The van der Waals surface area contributed by atoms with Crippen molar-refractivity contribution in [2.75, 3.05) is 19.6 Å². The molecule has 3 heterocycles. The molecule has 2 aliphatic heterocycles. The van der Waals surface area contributed by atoms with E-state index in [-0.39, 0.29) is 29.5 Å². The summed E-state index contributed by atoms with van der Waals surface area (Å²) in [5, 5.41) is 4.27. The lowest BCUT2D eigenvalue weighted by Crippen LogP contribution is -2.47. The minimum atomic E-state index is -0.336. The maximum Gasteiger partial charge on any atom is 0.254 e. The van der Waals surface area contributed by atoms with Crippen LogP contribution in [0.5, 0.6) is 0 Å². The van der Waals surface area contributed by atoms with Crippen LogP contribution in [0.4, 0.5) is 8.78 Å². The first-order chi connectivity index (χ1) is 15.1. The molecule has 0 saturated carbocycles. The second kappa shape index (κ2) is 8.52. The lowest BCUT2D eigenvalue weighted by atomic mass is 9.82. The Bertz CT molecular complexity index is 1050. The van der Waals surface area contributed by atoms with Crippen molar-refractivity contribution < 1.29 is 13.6 Å². The molecular formula is C25H24F2N2OS. The Morgan fingerprint density at radius 2 is 1.87 bits per heavy atom. The first-order valence-electron chi connectivity index (χ1n) is 10.6. The van der Waals surface area contributed by atoms with Gasteiger partial charge in [0.05, 0.1) is 0 Å². The SMILES string of the molecule is O=C(c1ccc(F)cc1)N1C[C@@H](c2ccsc2)[C@@H]2CN(Cc3cccc(F)c3)CC[C@@H]21. The Balaban J connectivity index is 1.38. The van der Waals surface area contributed by atoms with E-state index in [1.54, 1.807) is 35.6 Å². The highest BCUT2D eigenvalue weighted by Gasteiger charge is 2.47. The predicted molar refractivity (Wildman–Crippen MR) is 118 cm³/mol. The Labute approximate surface area is 184 Å². The highest BCUT2D eigenvalue weighted by molar-refractivity contribution is 7.08. The number of thiophene rings is 1. The molecule has 1 aromatic heterocycles. The predicted octanol–water partition coefficient (Wildman–Crippen LogP) is 5.16. The monoisotopic (exact) mass is 438 g/mol. The fourth-order valence-electron chi connectivity index (χ4n) is 5.17. The number of rotatable bonds is 4. The third kappa shape index (κ3) is 4.14. The van der Waals surface area contributed by atoms with E-state index in [1.807, 2.05) is 11.0 Å². The second-order valence-corrected chi connectivity index (χ2v) is 9.29. The number of benzene rings is 2. The number of nitrogens with zero attached hydrogens (tertiary/aromatic N) is 2. The first kappa shape index (κ1) is 20.3. The summed E-state index contributed by atoms with van der Waals surface area (Å²) in [4.78, 5) is 17.7. The molecule has 31 heavy (non-hydrogen) atoms. The molecule has 2 saturated heterocycles. The summed E-state index contributed by atoms with van der Waals surface area (Å²) in [6.07, 6.45) is 0.882. The largest absolute Gasteiger partial charge is 0.335 e. The van der Waals surface area contributed by atoms with Crippen molar-refractivity contribution in [3.8, 4) is 0 Å².